The normalized spacial score (nSPS) is 14.2. The van der Waals surface area contributed by atoms with Crippen LogP contribution in [0.2, 0.25) is 0 Å². The van der Waals surface area contributed by atoms with Gasteiger partial charge in [0.05, 0.1) is 33.5 Å². The predicted octanol–water partition coefficient (Wildman–Crippen LogP) is 6.32. The molecule has 6 nitrogen and oxygen atoms in total. The van der Waals surface area contributed by atoms with Gasteiger partial charge in [0.2, 0.25) is 0 Å². The Morgan fingerprint density at radius 3 is 0.957 bits per heavy atom. The maximum Gasteiger partial charge on any atom is 0.185 e. The van der Waals surface area contributed by atoms with Crippen molar-refractivity contribution < 1.29 is 52.7 Å². The summed E-state index contributed by atoms with van der Waals surface area (Å²) in [7, 11) is 0. The van der Waals surface area contributed by atoms with Crippen molar-refractivity contribution >= 4 is 22.5 Å². The monoisotopic (exact) mass is 652 g/mol. The number of rotatable bonds is 3. The van der Waals surface area contributed by atoms with Crippen molar-refractivity contribution in [2.45, 2.75) is 0 Å². The fraction of sp³-hybridized carbons (Fsp3) is 0. The molecule has 0 aromatic heterocycles. The van der Waals surface area contributed by atoms with Gasteiger partial charge in [0.15, 0.2) is 69.8 Å². The van der Waals surface area contributed by atoms with Gasteiger partial charge in [0.1, 0.15) is 41.1 Å². The van der Waals surface area contributed by atoms with Crippen molar-refractivity contribution in [3.8, 4) is 24.3 Å². The van der Waals surface area contributed by atoms with Crippen molar-refractivity contribution in [2.24, 2.45) is 5.73 Å². The highest BCUT2D eigenvalue weighted by Gasteiger charge is 2.45. The van der Waals surface area contributed by atoms with E-state index in [1.165, 1.54) is 0 Å². The minimum atomic E-state index is -2.48. The second-order valence-electron chi connectivity index (χ2n) is 8.79. The smallest absolute Gasteiger partial charge is 0.185 e. The van der Waals surface area contributed by atoms with Crippen LogP contribution < -0.4 is 11.5 Å². The molecule has 1 saturated carbocycles. The van der Waals surface area contributed by atoms with Crippen molar-refractivity contribution in [1.82, 2.24) is 0 Å². The molecule has 0 amide bonds. The number of nitrogens with zero attached hydrogens (tertiary/aromatic N) is 4. The third kappa shape index (κ3) is 4.35. The van der Waals surface area contributed by atoms with Gasteiger partial charge in [-0.25, -0.2) is 52.7 Å². The van der Waals surface area contributed by atoms with Gasteiger partial charge in [-0.2, -0.15) is 21.0 Å². The number of anilines is 1. The van der Waals surface area contributed by atoms with Gasteiger partial charge in [0, 0.05) is 16.7 Å². The molecule has 3 aromatic rings. The van der Waals surface area contributed by atoms with E-state index in [0.717, 1.165) is 24.3 Å². The van der Waals surface area contributed by atoms with Crippen LogP contribution in [0, 0.1) is 115 Å². The van der Waals surface area contributed by atoms with Crippen LogP contribution in [0.15, 0.2) is 16.7 Å². The number of nitrogens with two attached hydrogens (primary N) is 2. The SMILES string of the molecule is N#CC(=C1C(=C(N)c2c(F)c(F)c(N)c(F)c2F)C1=C(C#N)c1c(F)c(F)c(C#N)c(F)c1F)c1c(F)c(F)c(C#N)c(F)c1F. The molecule has 18 heteroatoms. The van der Waals surface area contributed by atoms with E-state index in [0.29, 0.717) is 0 Å². The summed E-state index contributed by atoms with van der Waals surface area (Å²) in [4.78, 5) is 0. The lowest BCUT2D eigenvalue weighted by molar-refractivity contribution is 0.446. The topological polar surface area (TPSA) is 147 Å². The summed E-state index contributed by atoms with van der Waals surface area (Å²) in [6, 6.07) is 3.57. The summed E-state index contributed by atoms with van der Waals surface area (Å²) in [6.45, 7) is 0. The molecule has 0 unspecified atom stereocenters. The molecule has 3 aromatic carbocycles. The Morgan fingerprint density at radius 2 is 0.696 bits per heavy atom. The number of benzene rings is 3. The highest BCUT2D eigenvalue weighted by atomic mass is 19.2. The quantitative estimate of drug-likeness (QED) is 0.147. The number of nitriles is 4. The van der Waals surface area contributed by atoms with Crippen LogP contribution in [0.5, 0.6) is 0 Å². The molecule has 1 aliphatic rings. The van der Waals surface area contributed by atoms with Crippen molar-refractivity contribution in [2.75, 3.05) is 5.73 Å². The highest BCUT2D eigenvalue weighted by molar-refractivity contribution is 6.10. The molecule has 0 atom stereocenters. The molecule has 0 spiro atoms. The first-order chi connectivity index (χ1) is 21.5. The van der Waals surface area contributed by atoms with Gasteiger partial charge >= 0.3 is 0 Å². The lowest BCUT2D eigenvalue weighted by Gasteiger charge is -2.09. The lowest BCUT2D eigenvalue weighted by Crippen LogP contribution is -2.11. The fourth-order valence-electron chi connectivity index (χ4n) is 4.34. The second-order valence-corrected chi connectivity index (χ2v) is 8.79. The number of hydrogen-bond acceptors (Lipinski definition) is 6. The minimum Gasteiger partial charge on any atom is -0.398 e. The summed E-state index contributed by atoms with van der Waals surface area (Å²) in [6.07, 6.45) is 0. The summed E-state index contributed by atoms with van der Waals surface area (Å²) >= 11 is 0. The average Bonchev–Trinajstić information content (AvgIpc) is 3.76. The Morgan fingerprint density at radius 1 is 0.413 bits per heavy atom. The average molecular weight is 652 g/mol. The zero-order valence-electron chi connectivity index (χ0n) is 21.5. The molecule has 0 aliphatic heterocycles. The van der Waals surface area contributed by atoms with Gasteiger partial charge in [-0.3, -0.25) is 0 Å². The third-order valence-corrected chi connectivity index (χ3v) is 6.50. The molecule has 46 heavy (non-hydrogen) atoms. The van der Waals surface area contributed by atoms with E-state index in [9.17, 15) is 63.2 Å². The Labute approximate surface area is 246 Å². The van der Waals surface area contributed by atoms with Crippen LogP contribution in [0.25, 0.3) is 16.8 Å². The molecule has 230 valence electrons. The van der Waals surface area contributed by atoms with Crippen LogP contribution in [-0.4, -0.2) is 0 Å². The van der Waals surface area contributed by atoms with Crippen LogP contribution in [0.4, 0.5) is 58.4 Å². The molecule has 0 bridgehead atoms. The van der Waals surface area contributed by atoms with E-state index in [4.69, 9.17) is 22.0 Å². The minimum absolute atomic E-state index is 0.788. The Kier molecular flexibility index (Phi) is 7.96. The van der Waals surface area contributed by atoms with Crippen molar-refractivity contribution in [3.05, 3.63) is 114 Å². The maximum absolute atomic E-state index is 15.0. The lowest BCUT2D eigenvalue weighted by atomic mass is 9.99. The van der Waals surface area contributed by atoms with Crippen LogP contribution in [0.3, 0.4) is 0 Å². The third-order valence-electron chi connectivity index (χ3n) is 6.50. The van der Waals surface area contributed by atoms with Crippen LogP contribution in [-0.2, 0) is 0 Å². The molecule has 1 fully saturated rings. The standard InChI is InChI=1S/C28H4F12N6/c29-15-7(3-43)16(30)20(34)11(19(15)33)5(1-41)9-10(6(2-42)12-21(35)17(31)8(4-44)18(32)22(12)36)13(9)27(45)14-23(37)25(39)28(46)26(40)24(14)38/h45-46H2. The van der Waals surface area contributed by atoms with Crippen molar-refractivity contribution in [1.29, 1.82) is 21.0 Å². The molecular formula is C28H4F12N6. The van der Waals surface area contributed by atoms with Gasteiger partial charge in [-0.15, -0.1) is 0 Å². The van der Waals surface area contributed by atoms with E-state index in [-0.39, 0.29) is 0 Å². The maximum atomic E-state index is 15.0. The molecule has 0 saturated heterocycles. The summed E-state index contributed by atoms with van der Waals surface area (Å²) in [5.41, 5.74) is -9.68. The second kappa shape index (κ2) is 11.3. The first kappa shape index (κ1) is 32.5. The molecule has 4 rings (SSSR count). The van der Waals surface area contributed by atoms with Crippen LogP contribution >= 0.6 is 0 Å². The van der Waals surface area contributed by atoms with Gasteiger partial charge in [-0.1, -0.05) is 0 Å². The predicted molar refractivity (Wildman–Crippen MR) is 129 cm³/mol. The molecule has 4 N–H and O–H groups in total. The highest BCUT2D eigenvalue weighted by Crippen LogP contribution is 2.56. The van der Waals surface area contributed by atoms with E-state index < -0.39 is 137 Å². The van der Waals surface area contributed by atoms with Gasteiger partial charge < -0.3 is 11.5 Å². The number of allylic oxidation sites excluding steroid dienone is 5. The van der Waals surface area contributed by atoms with Gasteiger partial charge in [-0.05, 0) is 0 Å². The van der Waals surface area contributed by atoms with E-state index in [1.807, 2.05) is 0 Å². The Bertz CT molecular complexity index is 2040. The number of nitrogen functional groups attached to an aromatic ring is 1. The first-order valence-electron chi connectivity index (χ1n) is 11.5. The Balaban J connectivity index is 2.32. The van der Waals surface area contributed by atoms with Crippen LogP contribution in [0.1, 0.15) is 27.8 Å². The summed E-state index contributed by atoms with van der Waals surface area (Å²) in [5.74, 6) is -28.8. The molecule has 1 aliphatic carbocycles. The number of hydrogen-bond donors (Lipinski definition) is 2. The van der Waals surface area contributed by atoms with Crippen molar-refractivity contribution in [3.63, 3.8) is 0 Å². The van der Waals surface area contributed by atoms with E-state index in [1.54, 1.807) is 0 Å². The fourth-order valence-corrected chi connectivity index (χ4v) is 4.34. The summed E-state index contributed by atoms with van der Waals surface area (Å²) < 4.78 is 176. The van der Waals surface area contributed by atoms with Gasteiger partial charge in [0.25, 0.3) is 0 Å². The molecular weight excluding hydrogens is 648 g/mol. The zero-order chi connectivity index (χ0) is 34.7. The number of halogens is 12. The Hall–Kier alpha value is -6.40. The first-order valence-corrected chi connectivity index (χ1v) is 11.5. The molecule has 0 heterocycles. The zero-order valence-corrected chi connectivity index (χ0v) is 21.5. The largest absolute Gasteiger partial charge is 0.398 e. The summed E-state index contributed by atoms with van der Waals surface area (Å²) in [5, 5.41) is 37.1. The molecule has 0 radical (unpaired) electrons. The van der Waals surface area contributed by atoms with E-state index in [2.05, 4.69) is 0 Å². The van der Waals surface area contributed by atoms with E-state index >= 15 is 0 Å².